The van der Waals surface area contributed by atoms with Gasteiger partial charge in [0.05, 0.1) is 17.8 Å². The van der Waals surface area contributed by atoms with Gasteiger partial charge in [-0.2, -0.15) is 0 Å². The number of aromatic nitrogens is 1. The van der Waals surface area contributed by atoms with Crippen LogP contribution in [0.25, 0.3) is 10.9 Å². The minimum atomic E-state index is -0.0774. The largest absolute Gasteiger partial charge is 0.395 e. The number of rotatable bonds is 3. The highest BCUT2D eigenvalue weighted by Gasteiger charge is 2.15. The molecule has 3 rings (SSSR count). The van der Waals surface area contributed by atoms with E-state index >= 15 is 0 Å². The summed E-state index contributed by atoms with van der Waals surface area (Å²) in [7, 11) is 1.94. The Bertz CT molecular complexity index is 658. The van der Waals surface area contributed by atoms with Crippen molar-refractivity contribution in [2.75, 3.05) is 13.2 Å². The molecule has 0 aliphatic carbocycles. The molecule has 2 heterocycles. The Hall–Kier alpha value is -2.30. The van der Waals surface area contributed by atoms with Gasteiger partial charge in [0.1, 0.15) is 6.61 Å². The average Bonchev–Trinajstić information content (AvgIpc) is 3.05. The molecule has 0 saturated carbocycles. The van der Waals surface area contributed by atoms with E-state index in [1.54, 1.807) is 0 Å². The predicted octanol–water partition coefficient (Wildman–Crippen LogP) is 1.68. The molecule has 0 spiro atoms. The number of benzene rings is 1. The number of nitrogens with zero attached hydrogens (tertiary/aromatic N) is 2. The van der Waals surface area contributed by atoms with Crippen molar-refractivity contribution in [3.63, 3.8) is 0 Å². The second-order valence-corrected chi connectivity index (χ2v) is 4.59. The highest BCUT2D eigenvalue weighted by molar-refractivity contribution is 6.08. The first-order chi connectivity index (χ1) is 9.25. The number of carbonyl (C=O) groups excluding carboxylic acids is 1. The van der Waals surface area contributed by atoms with Crippen molar-refractivity contribution < 1.29 is 9.63 Å². The molecule has 1 aliphatic rings. The average molecular weight is 257 g/mol. The maximum atomic E-state index is 12.2. The third kappa shape index (κ3) is 2.19. The van der Waals surface area contributed by atoms with Gasteiger partial charge in [0.25, 0.3) is 5.91 Å². The first kappa shape index (κ1) is 11.8. The van der Waals surface area contributed by atoms with Gasteiger partial charge < -0.3 is 14.7 Å². The molecule has 1 aliphatic heterocycles. The summed E-state index contributed by atoms with van der Waals surface area (Å²) < 4.78 is 1.96. The molecule has 0 unspecified atom stereocenters. The molecule has 1 aromatic carbocycles. The van der Waals surface area contributed by atoms with E-state index in [-0.39, 0.29) is 5.91 Å². The van der Waals surface area contributed by atoms with Crippen LogP contribution in [-0.4, -0.2) is 29.3 Å². The van der Waals surface area contributed by atoms with E-state index in [0.29, 0.717) is 18.7 Å². The predicted molar refractivity (Wildman–Crippen MR) is 73.3 cm³/mol. The Morgan fingerprint density at radius 3 is 3.11 bits per heavy atom. The summed E-state index contributed by atoms with van der Waals surface area (Å²) in [5, 5.41) is 7.71. The highest BCUT2D eigenvalue weighted by Crippen LogP contribution is 2.19. The first-order valence-corrected chi connectivity index (χ1v) is 6.25. The zero-order chi connectivity index (χ0) is 13.2. The SMILES string of the molecule is Cn1cc(C(=O)NCC2=NOCC2)c2ccccc21. The second-order valence-electron chi connectivity index (χ2n) is 4.59. The van der Waals surface area contributed by atoms with Crippen LogP contribution in [0.5, 0.6) is 0 Å². The van der Waals surface area contributed by atoms with Gasteiger partial charge in [-0.15, -0.1) is 0 Å². The Balaban J connectivity index is 1.81. The van der Waals surface area contributed by atoms with Crippen molar-refractivity contribution in [3.8, 4) is 0 Å². The van der Waals surface area contributed by atoms with Crippen LogP contribution in [0.2, 0.25) is 0 Å². The van der Waals surface area contributed by atoms with Gasteiger partial charge in [-0.05, 0) is 6.07 Å². The molecule has 0 atom stereocenters. The van der Waals surface area contributed by atoms with E-state index < -0.39 is 0 Å². The monoisotopic (exact) mass is 257 g/mol. The fourth-order valence-electron chi connectivity index (χ4n) is 2.27. The molecule has 5 nitrogen and oxygen atoms in total. The molecule has 2 aromatic rings. The van der Waals surface area contributed by atoms with Crippen LogP contribution in [0, 0.1) is 0 Å². The summed E-state index contributed by atoms with van der Waals surface area (Å²) in [5.41, 5.74) is 2.63. The summed E-state index contributed by atoms with van der Waals surface area (Å²) in [6.07, 6.45) is 2.64. The number of para-hydroxylation sites is 1. The van der Waals surface area contributed by atoms with E-state index in [4.69, 9.17) is 4.84 Å². The number of hydrogen-bond acceptors (Lipinski definition) is 3. The van der Waals surface area contributed by atoms with Crippen LogP contribution in [0.3, 0.4) is 0 Å². The Kier molecular flexibility index (Phi) is 2.95. The van der Waals surface area contributed by atoms with Gasteiger partial charge >= 0.3 is 0 Å². The lowest BCUT2D eigenvalue weighted by molar-refractivity contribution is 0.0960. The van der Waals surface area contributed by atoms with Crippen molar-refractivity contribution in [3.05, 3.63) is 36.0 Å². The molecule has 0 bridgehead atoms. The lowest BCUT2D eigenvalue weighted by Crippen LogP contribution is -2.28. The van der Waals surface area contributed by atoms with E-state index in [2.05, 4.69) is 10.5 Å². The number of amides is 1. The van der Waals surface area contributed by atoms with Crippen molar-refractivity contribution in [1.82, 2.24) is 9.88 Å². The Morgan fingerprint density at radius 2 is 2.32 bits per heavy atom. The molecule has 0 radical (unpaired) electrons. The molecule has 98 valence electrons. The fourth-order valence-corrected chi connectivity index (χ4v) is 2.27. The van der Waals surface area contributed by atoms with E-state index in [1.807, 2.05) is 42.1 Å². The van der Waals surface area contributed by atoms with Crippen LogP contribution >= 0.6 is 0 Å². The smallest absolute Gasteiger partial charge is 0.253 e. The quantitative estimate of drug-likeness (QED) is 0.909. The maximum absolute atomic E-state index is 12.2. The standard InChI is InChI=1S/C14H15N3O2/c1-17-9-12(11-4-2-3-5-13(11)17)14(18)15-8-10-6-7-19-16-10/h2-5,9H,6-8H2,1H3,(H,15,18). The van der Waals surface area contributed by atoms with E-state index in [0.717, 1.165) is 23.0 Å². The lowest BCUT2D eigenvalue weighted by Gasteiger charge is -2.02. The summed E-state index contributed by atoms with van der Waals surface area (Å²) in [6, 6.07) is 7.87. The minimum Gasteiger partial charge on any atom is -0.395 e. The molecule has 0 fully saturated rings. The lowest BCUT2D eigenvalue weighted by atomic mass is 10.1. The molecule has 19 heavy (non-hydrogen) atoms. The van der Waals surface area contributed by atoms with Crippen molar-refractivity contribution >= 4 is 22.5 Å². The van der Waals surface area contributed by atoms with Gasteiger partial charge in [-0.1, -0.05) is 23.4 Å². The molecular weight excluding hydrogens is 242 g/mol. The second kappa shape index (κ2) is 4.76. The zero-order valence-corrected chi connectivity index (χ0v) is 10.7. The number of hydrogen-bond donors (Lipinski definition) is 1. The van der Waals surface area contributed by atoms with E-state index in [1.165, 1.54) is 0 Å². The van der Waals surface area contributed by atoms with Crippen LogP contribution in [-0.2, 0) is 11.9 Å². The van der Waals surface area contributed by atoms with Crippen LogP contribution in [0.1, 0.15) is 16.8 Å². The van der Waals surface area contributed by atoms with Crippen LogP contribution < -0.4 is 5.32 Å². The number of carbonyl (C=O) groups is 1. The number of fused-ring (bicyclic) bond motifs is 1. The fraction of sp³-hybridized carbons (Fsp3) is 0.286. The normalized spacial score (nSPS) is 14.3. The van der Waals surface area contributed by atoms with Crippen LogP contribution in [0.15, 0.2) is 35.6 Å². The third-order valence-electron chi connectivity index (χ3n) is 3.27. The third-order valence-corrected chi connectivity index (χ3v) is 3.27. The first-order valence-electron chi connectivity index (χ1n) is 6.25. The number of oxime groups is 1. The molecule has 0 saturated heterocycles. The molecule has 1 N–H and O–H groups in total. The van der Waals surface area contributed by atoms with Crippen molar-refractivity contribution in [2.45, 2.75) is 6.42 Å². The summed E-state index contributed by atoms with van der Waals surface area (Å²) >= 11 is 0. The highest BCUT2D eigenvalue weighted by atomic mass is 16.6. The van der Waals surface area contributed by atoms with Crippen LogP contribution in [0.4, 0.5) is 0 Å². The van der Waals surface area contributed by atoms with Gasteiger partial charge in [0.2, 0.25) is 0 Å². The molecule has 5 heteroatoms. The van der Waals surface area contributed by atoms with Gasteiger partial charge in [0, 0.05) is 30.6 Å². The van der Waals surface area contributed by atoms with Gasteiger partial charge in [0.15, 0.2) is 0 Å². The summed E-state index contributed by atoms with van der Waals surface area (Å²) in [6.45, 7) is 1.06. The minimum absolute atomic E-state index is 0.0774. The Labute approximate surface area is 110 Å². The molecule has 1 amide bonds. The van der Waals surface area contributed by atoms with Gasteiger partial charge in [-0.25, -0.2) is 0 Å². The molecular formula is C14H15N3O2. The van der Waals surface area contributed by atoms with E-state index in [9.17, 15) is 4.79 Å². The van der Waals surface area contributed by atoms with Crippen molar-refractivity contribution in [1.29, 1.82) is 0 Å². The van der Waals surface area contributed by atoms with Crippen molar-refractivity contribution in [2.24, 2.45) is 12.2 Å². The summed E-state index contributed by atoms with van der Waals surface area (Å²) in [5.74, 6) is -0.0774. The molecule has 1 aromatic heterocycles. The number of nitrogens with one attached hydrogen (secondary N) is 1. The van der Waals surface area contributed by atoms with Gasteiger partial charge in [-0.3, -0.25) is 4.79 Å². The summed E-state index contributed by atoms with van der Waals surface area (Å²) in [4.78, 5) is 17.1. The maximum Gasteiger partial charge on any atom is 0.253 e. The topological polar surface area (TPSA) is 55.6 Å². The zero-order valence-electron chi connectivity index (χ0n) is 10.7. The Morgan fingerprint density at radius 1 is 1.47 bits per heavy atom. The number of aryl methyl sites for hydroxylation is 1.